The molecule has 2 aliphatic heterocycles. The number of alkyl halides is 3. The minimum atomic E-state index is -4.74. The Balaban J connectivity index is 1.38. The van der Waals surface area contributed by atoms with Gasteiger partial charge in [0, 0.05) is 29.1 Å². The molecule has 3 heterocycles. The summed E-state index contributed by atoms with van der Waals surface area (Å²) >= 11 is 12.6. The van der Waals surface area contributed by atoms with Crippen molar-refractivity contribution in [1.29, 1.82) is 0 Å². The molecule has 3 fully saturated rings. The van der Waals surface area contributed by atoms with Crippen LogP contribution in [0.4, 0.5) is 19.0 Å². The van der Waals surface area contributed by atoms with Crippen LogP contribution >= 0.6 is 23.2 Å². The first kappa shape index (κ1) is 34.2. The second kappa shape index (κ2) is 12.1. The quantitative estimate of drug-likeness (QED) is 0.163. The van der Waals surface area contributed by atoms with Crippen LogP contribution in [0.5, 0.6) is 5.75 Å². The molecule has 0 bridgehead atoms. The highest BCUT2D eigenvalue weighted by molar-refractivity contribution is 6.33. The van der Waals surface area contributed by atoms with Crippen molar-refractivity contribution in [2.75, 3.05) is 12.0 Å². The molecule has 8 rings (SSSR count). The molecule has 0 spiro atoms. The normalized spacial score (nSPS) is 27.1. The van der Waals surface area contributed by atoms with Gasteiger partial charge in [-0.05, 0) is 66.5 Å². The summed E-state index contributed by atoms with van der Waals surface area (Å²) in [5, 5.41) is 12.7. The second-order valence-corrected chi connectivity index (χ2v) is 14.4. The van der Waals surface area contributed by atoms with E-state index in [9.17, 15) is 32.7 Å². The Morgan fingerprint density at radius 1 is 0.942 bits per heavy atom. The van der Waals surface area contributed by atoms with E-state index >= 15 is 4.79 Å². The number of hydrogen-bond donors (Lipinski definition) is 2. The maximum atomic E-state index is 15.4. The lowest BCUT2D eigenvalue weighted by atomic mass is 9.49. The molecule has 6 unspecified atom stereocenters. The number of carbonyl (C=O) groups is 4. The van der Waals surface area contributed by atoms with E-state index in [1.165, 1.54) is 11.0 Å². The molecule has 14 heteroatoms. The number of aromatic nitrogens is 1. The maximum absolute atomic E-state index is 15.4. The van der Waals surface area contributed by atoms with Crippen molar-refractivity contribution >= 4 is 63.4 Å². The van der Waals surface area contributed by atoms with Gasteiger partial charge in [0.05, 0.1) is 33.8 Å². The van der Waals surface area contributed by atoms with Crippen LogP contribution in [0.3, 0.4) is 0 Å². The SMILES string of the molecule is CCN1C(=O)C2CC=C3C(CC4C(=O)N(Nc5ncc(C(F)(F)F)cc5Cl)C(=O)C4(c4ccc(Cl)cc4)C3c3ccc(O)c4ccccc34)C2C1=O. The number of likely N-dealkylation sites (tertiary alicyclic amines) is 1. The van der Waals surface area contributed by atoms with E-state index in [0.717, 1.165) is 5.01 Å². The van der Waals surface area contributed by atoms with Gasteiger partial charge in [-0.1, -0.05) is 77.3 Å². The number of nitrogens with one attached hydrogen (secondary N) is 1. The van der Waals surface area contributed by atoms with Crippen LogP contribution < -0.4 is 5.43 Å². The van der Waals surface area contributed by atoms with E-state index in [4.69, 9.17) is 23.2 Å². The number of aromatic hydroxyl groups is 1. The molecule has 4 aliphatic rings. The number of carbonyl (C=O) groups excluding carboxylic acids is 4. The third-order valence-corrected chi connectivity index (χ3v) is 11.8. The first-order valence-corrected chi connectivity index (χ1v) is 17.4. The molecule has 2 saturated heterocycles. The molecule has 9 nitrogen and oxygen atoms in total. The van der Waals surface area contributed by atoms with Gasteiger partial charge in [-0.15, -0.1) is 0 Å². The van der Waals surface area contributed by atoms with Crippen LogP contribution in [0.25, 0.3) is 10.8 Å². The van der Waals surface area contributed by atoms with Gasteiger partial charge in [-0.3, -0.25) is 29.5 Å². The molecule has 4 aromatic rings. The topological polar surface area (TPSA) is 120 Å². The predicted octanol–water partition coefficient (Wildman–Crippen LogP) is 7.27. The van der Waals surface area contributed by atoms with Crippen molar-refractivity contribution in [1.82, 2.24) is 14.9 Å². The number of amides is 4. The number of hydrazine groups is 1. The van der Waals surface area contributed by atoms with Crippen molar-refractivity contribution in [2.24, 2.45) is 23.7 Å². The molecular weight excluding hydrogens is 720 g/mol. The summed E-state index contributed by atoms with van der Waals surface area (Å²) in [6.07, 6.45) is -2.03. The summed E-state index contributed by atoms with van der Waals surface area (Å²) in [5.41, 5.74) is 1.56. The van der Waals surface area contributed by atoms with Crippen molar-refractivity contribution in [3.05, 3.63) is 111 Å². The number of anilines is 1. The van der Waals surface area contributed by atoms with Crippen LogP contribution in [0.2, 0.25) is 10.0 Å². The summed E-state index contributed by atoms with van der Waals surface area (Å²) in [6.45, 7) is 1.91. The van der Waals surface area contributed by atoms with Crippen molar-refractivity contribution in [2.45, 2.75) is 37.3 Å². The average molecular weight is 750 g/mol. The molecule has 2 N–H and O–H groups in total. The lowest BCUT2D eigenvalue weighted by molar-refractivity contribution is -0.141. The maximum Gasteiger partial charge on any atom is 0.417 e. The lowest BCUT2D eigenvalue weighted by Crippen LogP contribution is -2.53. The minimum absolute atomic E-state index is 0.00298. The van der Waals surface area contributed by atoms with Gasteiger partial charge in [0.2, 0.25) is 11.8 Å². The van der Waals surface area contributed by atoms with Gasteiger partial charge in [0.1, 0.15) is 5.75 Å². The van der Waals surface area contributed by atoms with E-state index in [1.807, 2.05) is 6.08 Å². The number of hydrogen-bond acceptors (Lipinski definition) is 7. The summed E-state index contributed by atoms with van der Waals surface area (Å²) in [5.74, 6) is -6.51. The van der Waals surface area contributed by atoms with E-state index in [-0.39, 0.29) is 42.8 Å². The van der Waals surface area contributed by atoms with Gasteiger partial charge >= 0.3 is 6.18 Å². The minimum Gasteiger partial charge on any atom is -0.507 e. The van der Waals surface area contributed by atoms with E-state index < -0.39 is 63.6 Å². The number of halogens is 5. The van der Waals surface area contributed by atoms with E-state index in [2.05, 4.69) is 10.4 Å². The number of allylic oxidation sites excluding steroid dienone is 2. The Morgan fingerprint density at radius 3 is 2.33 bits per heavy atom. The number of nitrogens with zero attached hydrogens (tertiary/aromatic N) is 3. The summed E-state index contributed by atoms with van der Waals surface area (Å²) in [6, 6.07) is 17.5. The highest BCUT2D eigenvalue weighted by atomic mass is 35.5. The fraction of sp³-hybridized carbons (Fsp3) is 0.289. The molecule has 4 amide bonds. The average Bonchev–Trinajstić information content (AvgIpc) is 3.49. The van der Waals surface area contributed by atoms with Gasteiger partial charge in [0.15, 0.2) is 5.82 Å². The standard InChI is InChI=1S/C38H29Cl2F3N4O5/c1-2-46-33(49)25-12-11-24-26(30(25)35(46)51)16-27-34(50)47(45-32-28(40)15-19(17-44-32)38(41,42)43)36(52)37(27,18-7-9-20(39)10-8-18)31(24)23-13-14-29(48)22-6-4-3-5-21(22)23/h3-11,13-15,17,25-27,30-31,48H,2,12,16H2,1H3,(H,44,45). The fourth-order valence-electron chi connectivity index (χ4n) is 9.06. The Hall–Kier alpha value is -4.94. The monoisotopic (exact) mass is 748 g/mol. The van der Waals surface area contributed by atoms with Crippen LogP contribution in [0.1, 0.15) is 42.4 Å². The van der Waals surface area contributed by atoms with Crippen molar-refractivity contribution < 1.29 is 37.5 Å². The zero-order valence-corrected chi connectivity index (χ0v) is 28.8. The number of imide groups is 2. The molecule has 1 saturated carbocycles. The Bertz CT molecular complexity index is 2250. The highest BCUT2D eigenvalue weighted by Crippen LogP contribution is 2.65. The van der Waals surface area contributed by atoms with Gasteiger partial charge in [-0.25, -0.2) is 4.98 Å². The van der Waals surface area contributed by atoms with Crippen LogP contribution in [0, 0.1) is 23.7 Å². The Kier molecular flexibility index (Phi) is 7.92. The first-order chi connectivity index (χ1) is 24.8. The van der Waals surface area contributed by atoms with E-state index in [1.54, 1.807) is 61.5 Å². The Labute approximate surface area is 305 Å². The first-order valence-electron chi connectivity index (χ1n) is 16.7. The number of pyridine rings is 1. The number of phenols is 1. The van der Waals surface area contributed by atoms with Gasteiger partial charge in [-0.2, -0.15) is 18.2 Å². The molecule has 0 radical (unpaired) electrons. The number of fused-ring (bicyclic) bond motifs is 5. The van der Waals surface area contributed by atoms with Crippen molar-refractivity contribution in [3.8, 4) is 5.75 Å². The summed E-state index contributed by atoms with van der Waals surface area (Å²) < 4.78 is 40.4. The summed E-state index contributed by atoms with van der Waals surface area (Å²) in [4.78, 5) is 62.6. The third-order valence-electron chi connectivity index (χ3n) is 11.2. The van der Waals surface area contributed by atoms with E-state index in [0.29, 0.717) is 44.8 Å². The summed E-state index contributed by atoms with van der Waals surface area (Å²) in [7, 11) is 0. The van der Waals surface area contributed by atoms with Crippen LogP contribution in [-0.2, 0) is 30.8 Å². The Morgan fingerprint density at radius 2 is 1.65 bits per heavy atom. The molecule has 1 aromatic heterocycles. The zero-order chi connectivity index (χ0) is 36.9. The smallest absolute Gasteiger partial charge is 0.417 e. The molecule has 52 heavy (non-hydrogen) atoms. The van der Waals surface area contributed by atoms with Crippen LogP contribution in [-0.4, -0.2) is 50.2 Å². The molecule has 3 aromatic carbocycles. The highest BCUT2D eigenvalue weighted by Gasteiger charge is 2.70. The van der Waals surface area contributed by atoms with Crippen molar-refractivity contribution in [3.63, 3.8) is 0 Å². The number of phenolic OH excluding ortho intramolecular Hbond substituents is 1. The lowest BCUT2D eigenvalue weighted by Gasteiger charge is -2.51. The largest absolute Gasteiger partial charge is 0.507 e. The molecule has 266 valence electrons. The van der Waals surface area contributed by atoms with Crippen LogP contribution in [0.15, 0.2) is 84.6 Å². The molecule has 6 atom stereocenters. The predicted molar refractivity (Wildman–Crippen MR) is 185 cm³/mol. The number of benzene rings is 3. The molecule has 2 aliphatic carbocycles. The third kappa shape index (κ3) is 4.80. The number of rotatable bonds is 5. The van der Waals surface area contributed by atoms with Gasteiger partial charge < -0.3 is 5.11 Å². The molecular formula is C38H29Cl2F3N4O5. The van der Waals surface area contributed by atoms with Gasteiger partial charge in [0.25, 0.3) is 11.8 Å². The zero-order valence-electron chi connectivity index (χ0n) is 27.3. The second-order valence-electron chi connectivity index (χ2n) is 13.6. The fourth-order valence-corrected chi connectivity index (χ4v) is 9.40.